The van der Waals surface area contributed by atoms with E-state index in [2.05, 4.69) is 11.7 Å². The Labute approximate surface area is 188 Å². The Kier molecular flexibility index (Phi) is 19.5. The molecule has 0 heterocycles. The molecule has 0 saturated carbocycles. The Morgan fingerprint density at radius 3 is 1.15 bits per heavy atom. The van der Waals surface area contributed by atoms with Crippen LogP contribution in [0.1, 0.15) is 15.9 Å². The number of ether oxygens (including phenoxy) is 1. The van der Waals surface area contributed by atoms with E-state index in [1.807, 2.05) is 0 Å². The molecule has 1 aromatic carbocycles. The summed E-state index contributed by atoms with van der Waals surface area (Å²) in [5.41, 5.74) is 1.44. The molecule has 2 nitrogen and oxygen atoms in total. The second-order valence-corrected chi connectivity index (χ2v) is 3.67. The predicted molar refractivity (Wildman–Crippen MR) is 72.8 cm³/mol. The Morgan fingerprint density at radius 1 is 0.741 bits per heavy atom. The van der Waals surface area contributed by atoms with E-state index in [4.69, 9.17) is 0 Å². The Balaban J connectivity index is -0.000000142. The normalized spacial score (nSPS) is 10.4. The zero-order valence-corrected chi connectivity index (χ0v) is 16.7. The fourth-order valence-corrected chi connectivity index (χ4v) is 0.759. The van der Waals surface area contributed by atoms with Gasteiger partial charge in [-0.2, -0.15) is 24.6 Å². The van der Waals surface area contributed by atoms with Crippen molar-refractivity contribution in [3.05, 3.63) is 42.3 Å². The van der Waals surface area contributed by atoms with Crippen molar-refractivity contribution in [2.75, 3.05) is 7.11 Å². The van der Waals surface area contributed by atoms with Crippen molar-refractivity contribution in [2.45, 2.75) is 0 Å². The zero-order chi connectivity index (χ0) is 21.8. The largest absolute Gasteiger partial charge is 1.00 e. The average molecular weight is 449 g/mol. The molecule has 0 aliphatic rings. The minimum atomic E-state index is -6.00. The van der Waals surface area contributed by atoms with Gasteiger partial charge in [0.1, 0.15) is 0 Å². The summed E-state index contributed by atoms with van der Waals surface area (Å²) in [6.07, 6.45) is 0. The van der Waals surface area contributed by atoms with E-state index in [9.17, 15) is 56.6 Å². The monoisotopic (exact) mass is 449 g/mol. The van der Waals surface area contributed by atoms with E-state index >= 15 is 0 Å². The molecule has 1 rings (SSSR count). The van der Waals surface area contributed by atoms with Crippen LogP contribution in [0.3, 0.4) is 0 Å². The molecule has 18 heteroatoms. The van der Waals surface area contributed by atoms with Crippen LogP contribution >= 0.6 is 0 Å². The van der Waals surface area contributed by atoms with Gasteiger partial charge in [0.25, 0.3) is 0 Å². The van der Waals surface area contributed by atoms with Crippen molar-refractivity contribution in [2.24, 2.45) is 0 Å². The van der Waals surface area contributed by atoms with Gasteiger partial charge in [-0.05, 0) is 0 Å². The smallest absolute Gasteiger partial charge is 0.465 e. The molecule has 0 atom stereocenters. The molecular formula is C9H9B3F12KO2-3. The van der Waals surface area contributed by atoms with Gasteiger partial charge in [0.05, 0.1) is 7.11 Å². The van der Waals surface area contributed by atoms with E-state index in [1.54, 1.807) is 24.3 Å². The minimum Gasteiger partial charge on any atom is -0.465 e. The molecule has 0 amide bonds. The van der Waals surface area contributed by atoms with Crippen LogP contribution in [0.2, 0.25) is 0 Å². The van der Waals surface area contributed by atoms with E-state index in [1.165, 1.54) is 7.11 Å². The molecule has 0 spiro atoms. The fourth-order valence-electron chi connectivity index (χ4n) is 0.759. The molecule has 0 aliphatic heterocycles. The summed E-state index contributed by atoms with van der Waals surface area (Å²) >= 11 is 0. The number of methoxy groups -OCH3 is 1. The van der Waals surface area contributed by atoms with Crippen molar-refractivity contribution in [3.63, 3.8) is 0 Å². The van der Waals surface area contributed by atoms with Gasteiger partial charge in [-0.25, -0.2) is 4.79 Å². The van der Waals surface area contributed by atoms with Gasteiger partial charge >= 0.3 is 79.1 Å². The number of esters is 1. The van der Waals surface area contributed by atoms with Crippen LogP contribution in [-0.2, 0) is 4.74 Å². The summed E-state index contributed by atoms with van der Waals surface area (Å²) in [5.74, 6) is -0.315. The molecule has 0 saturated heterocycles. The van der Waals surface area contributed by atoms with Crippen LogP contribution < -0.4 is 51.4 Å². The summed E-state index contributed by atoms with van der Waals surface area (Å²) in [4.78, 5) is 10.9. The third-order valence-corrected chi connectivity index (χ3v) is 1.38. The first-order valence-electron chi connectivity index (χ1n) is 5.86. The standard InChI is InChI=1S/C9H9O2.3BF4.K/c1-7-3-5-8(6-4-7)9(10)11-2;3*2-1(3,4)5;/h3-6H,1H2,2H3;;;;/q4*-1;+1. The second kappa shape index (κ2) is 15.5. The second-order valence-electron chi connectivity index (χ2n) is 3.67. The summed E-state index contributed by atoms with van der Waals surface area (Å²) in [7, 11) is -16.6. The molecule has 0 aromatic heterocycles. The number of hydrogen-bond donors (Lipinski definition) is 0. The van der Waals surface area contributed by atoms with E-state index < -0.39 is 21.8 Å². The first-order chi connectivity index (χ1) is 11.2. The summed E-state index contributed by atoms with van der Waals surface area (Å²) in [6, 6.07) is 6.92. The summed E-state index contributed by atoms with van der Waals surface area (Å²) < 4.78 is 122. The van der Waals surface area contributed by atoms with Gasteiger partial charge in [0.2, 0.25) is 0 Å². The number of carbonyl (C=O) groups excluding carboxylic acids is 1. The number of carbonyl (C=O) groups is 1. The number of rotatable bonds is 1. The van der Waals surface area contributed by atoms with Gasteiger partial charge in [-0.3, -0.25) is 0 Å². The van der Waals surface area contributed by atoms with Crippen LogP contribution in [0.5, 0.6) is 0 Å². The van der Waals surface area contributed by atoms with Crippen molar-refractivity contribution in [1.82, 2.24) is 0 Å². The SMILES string of the molecule is F[B-](F)(F)F.F[B-](F)(F)F.F[B-](F)(F)F.[CH2-]c1ccc(C(=O)OC)cc1.[K+]. The average Bonchev–Trinajstić information content (AvgIpc) is 2.32. The Bertz CT molecular complexity index is 456. The Hall–Kier alpha value is -0.449. The number of hydrogen-bond acceptors (Lipinski definition) is 2. The molecule has 0 bridgehead atoms. The topological polar surface area (TPSA) is 26.3 Å². The molecule has 0 N–H and O–H groups in total. The van der Waals surface area contributed by atoms with Crippen LogP contribution in [0.4, 0.5) is 51.8 Å². The molecule has 0 unspecified atom stereocenters. The van der Waals surface area contributed by atoms with E-state index in [-0.39, 0.29) is 57.4 Å². The molecule has 154 valence electrons. The molecule has 27 heavy (non-hydrogen) atoms. The molecule has 0 radical (unpaired) electrons. The van der Waals surface area contributed by atoms with Crippen molar-refractivity contribution in [3.8, 4) is 0 Å². The van der Waals surface area contributed by atoms with Crippen molar-refractivity contribution in [1.29, 1.82) is 0 Å². The van der Waals surface area contributed by atoms with Gasteiger partial charge in [-0.1, -0.05) is 0 Å². The zero-order valence-electron chi connectivity index (χ0n) is 13.6. The molecule has 0 fully saturated rings. The van der Waals surface area contributed by atoms with E-state index in [0.29, 0.717) is 5.56 Å². The van der Waals surface area contributed by atoms with Crippen LogP contribution in [0, 0.1) is 6.92 Å². The van der Waals surface area contributed by atoms with Gasteiger partial charge < -0.3 is 56.5 Å². The third-order valence-electron chi connectivity index (χ3n) is 1.38. The third kappa shape index (κ3) is 58.6. The summed E-state index contributed by atoms with van der Waals surface area (Å²) in [6.45, 7) is 3.69. The van der Waals surface area contributed by atoms with Crippen LogP contribution in [0.25, 0.3) is 0 Å². The maximum Gasteiger partial charge on any atom is 1.00 e. The predicted octanol–water partition coefficient (Wildman–Crippen LogP) is 2.56. The maximum absolute atomic E-state index is 10.9. The molecule has 1 aromatic rings. The minimum absolute atomic E-state index is 0. The van der Waals surface area contributed by atoms with Gasteiger partial charge in [0, 0.05) is 5.56 Å². The summed E-state index contributed by atoms with van der Waals surface area (Å²) in [5, 5.41) is 0. The first kappa shape index (κ1) is 34.1. The van der Waals surface area contributed by atoms with Crippen LogP contribution in [0.15, 0.2) is 24.3 Å². The van der Waals surface area contributed by atoms with Crippen molar-refractivity contribution < 1.29 is 113 Å². The first-order valence-corrected chi connectivity index (χ1v) is 5.86. The molecule has 0 aliphatic carbocycles. The fraction of sp³-hybridized carbons (Fsp3) is 0.111. The van der Waals surface area contributed by atoms with E-state index in [0.717, 1.165) is 5.56 Å². The van der Waals surface area contributed by atoms with Gasteiger partial charge in [-0.15, -0.1) is 12.1 Å². The quantitative estimate of drug-likeness (QED) is 0.286. The number of benzene rings is 1. The number of halogens is 12. The van der Waals surface area contributed by atoms with Gasteiger partial charge in [0.15, 0.2) is 0 Å². The van der Waals surface area contributed by atoms with Crippen molar-refractivity contribution >= 4 is 27.7 Å². The maximum atomic E-state index is 10.9. The molecular weight excluding hydrogens is 440 g/mol. The van der Waals surface area contributed by atoms with Crippen LogP contribution in [-0.4, -0.2) is 34.8 Å². The Morgan fingerprint density at radius 2 is 0.963 bits per heavy atom.